The van der Waals surface area contributed by atoms with Crippen molar-refractivity contribution in [3.05, 3.63) is 47.3 Å². The number of para-hydroxylation sites is 1. The molecule has 0 unspecified atom stereocenters. The van der Waals surface area contributed by atoms with Crippen LogP contribution in [0.3, 0.4) is 0 Å². The van der Waals surface area contributed by atoms with E-state index in [-0.39, 0.29) is 23.4 Å². The minimum Gasteiger partial charge on any atom is -0.507 e. The molecule has 1 saturated heterocycles. The largest absolute Gasteiger partial charge is 0.507 e. The molecule has 1 fully saturated rings. The van der Waals surface area contributed by atoms with Gasteiger partial charge in [0.15, 0.2) is 0 Å². The minimum absolute atomic E-state index is 0.0512. The number of phenols is 1. The summed E-state index contributed by atoms with van der Waals surface area (Å²) in [7, 11) is 0. The Kier molecular flexibility index (Phi) is 5.82. The molecule has 1 aliphatic rings. The van der Waals surface area contributed by atoms with E-state index in [0.717, 1.165) is 0 Å². The highest BCUT2D eigenvalue weighted by molar-refractivity contribution is 5.84. The lowest BCUT2D eigenvalue weighted by Gasteiger charge is -2.35. The van der Waals surface area contributed by atoms with Crippen LogP contribution < -0.4 is 17.2 Å². The third kappa shape index (κ3) is 4.49. The quantitative estimate of drug-likeness (QED) is 0.504. The molecule has 0 spiro atoms. The van der Waals surface area contributed by atoms with Crippen molar-refractivity contribution in [1.29, 1.82) is 0 Å². The van der Waals surface area contributed by atoms with Crippen LogP contribution >= 0.6 is 0 Å². The molecule has 0 aliphatic carbocycles. The van der Waals surface area contributed by atoms with E-state index in [1.54, 1.807) is 35.2 Å². The number of hydrogen-bond acceptors (Lipinski definition) is 6. The molecule has 7 nitrogen and oxygen atoms in total. The number of nitrogens with zero attached hydrogens (tertiary/aromatic N) is 1. The van der Waals surface area contributed by atoms with Crippen molar-refractivity contribution in [2.45, 2.75) is 32.3 Å². The van der Waals surface area contributed by atoms with E-state index in [9.17, 15) is 15.0 Å². The number of aromatic hydroxyl groups is 1. The first-order valence-corrected chi connectivity index (χ1v) is 8.63. The number of benzene rings is 1. The summed E-state index contributed by atoms with van der Waals surface area (Å²) in [6.07, 6.45) is 3.03. The van der Waals surface area contributed by atoms with Gasteiger partial charge in [-0.2, -0.15) is 0 Å². The zero-order valence-corrected chi connectivity index (χ0v) is 15.3. The molecule has 0 radical (unpaired) electrons. The number of piperidine rings is 1. The van der Waals surface area contributed by atoms with Crippen LogP contribution in [0.25, 0.3) is 5.70 Å². The number of aliphatic hydroxyl groups is 1. The van der Waals surface area contributed by atoms with Gasteiger partial charge >= 0.3 is 0 Å². The van der Waals surface area contributed by atoms with E-state index in [1.807, 2.05) is 0 Å². The van der Waals surface area contributed by atoms with Gasteiger partial charge in [-0.15, -0.1) is 0 Å². The molecule has 7 heteroatoms. The average molecular weight is 360 g/mol. The Morgan fingerprint density at radius 3 is 2.27 bits per heavy atom. The SMILES string of the molecule is CC(C)(O)C(=O)N1CCC(C(/C=C(\N)c2ccccc2O)=C(N)N)CC1. The summed E-state index contributed by atoms with van der Waals surface area (Å²) in [6, 6.07) is 6.78. The molecule has 0 atom stereocenters. The predicted octanol–water partition coefficient (Wildman–Crippen LogP) is 0.830. The van der Waals surface area contributed by atoms with Crippen molar-refractivity contribution in [2.24, 2.45) is 23.1 Å². The Morgan fingerprint density at radius 1 is 1.19 bits per heavy atom. The fourth-order valence-electron chi connectivity index (χ4n) is 3.18. The molecule has 2 rings (SSSR count). The molecule has 1 aliphatic heterocycles. The van der Waals surface area contributed by atoms with Crippen LogP contribution in [-0.2, 0) is 4.79 Å². The van der Waals surface area contributed by atoms with Crippen LogP contribution in [0.1, 0.15) is 32.3 Å². The molecule has 26 heavy (non-hydrogen) atoms. The maximum Gasteiger partial charge on any atom is 0.253 e. The molecular weight excluding hydrogens is 332 g/mol. The highest BCUT2D eigenvalue weighted by Gasteiger charge is 2.32. The lowest BCUT2D eigenvalue weighted by molar-refractivity contribution is -0.149. The molecule has 1 aromatic carbocycles. The Labute approximate surface area is 153 Å². The van der Waals surface area contributed by atoms with E-state index in [2.05, 4.69) is 0 Å². The fourth-order valence-corrected chi connectivity index (χ4v) is 3.18. The van der Waals surface area contributed by atoms with E-state index < -0.39 is 5.60 Å². The van der Waals surface area contributed by atoms with E-state index in [1.165, 1.54) is 13.8 Å². The zero-order valence-electron chi connectivity index (χ0n) is 15.3. The summed E-state index contributed by atoms with van der Waals surface area (Å²) < 4.78 is 0. The minimum atomic E-state index is -1.38. The van der Waals surface area contributed by atoms with Gasteiger partial charge in [-0.1, -0.05) is 12.1 Å². The smallest absolute Gasteiger partial charge is 0.253 e. The molecule has 142 valence electrons. The Morgan fingerprint density at radius 2 is 1.77 bits per heavy atom. The number of amides is 1. The molecular formula is C19H28N4O3. The average Bonchev–Trinajstić information content (AvgIpc) is 2.58. The van der Waals surface area contributed by atoms with Crippen molar-refractivity contribution in [1.82, 2.24) is 4.90 Å². The van der Waals surface area contributed by atoms with Gasteiger partial charge in [0.05, 0.1) is 5.82 Å². The Balaban J connectivity index is 2.16. The molecule has 1 aromatic rings. The van der Waals surface area contributed by atoms with Gasteiger partial charge < -0.3 is 32.3 Å². The lowest BCUT2D eigenvalue weighted by Crippen LogP contribution is -2.48. The maximum atomic E-state index is 12.2. The number of nitrogens with two attached hydrogens (primary N) is 3. The monoisotopic (exact) mass is 360 g/mol. The second kappa shape index (κ2) is 7.70. The third-order valence-corrected chi connectivity index (χ3v) is 4.60. The first-order valence-electron chi connectivity index (χ1n) is 8.63. The molecule has 0 saturated carbocycles. The normalized spacial score (nSPS) is 16.4. The number of likely N-dealkylation sites (tertiary alicyclic amines) is 1. The lowest BCUT2D eigenvalue weighted by atomic mass is 9.87. The number of allylic oxidation sites excluding steroid dienone is 2. The molecule has 1 amide bonds. The molecule has 0 bridgehead atoms. The number of rotatable bonds is 4. The van der Waals surface area contributed by atoms with Gasteiger partial charge in [0.25, 0.3) is 5.91 Å². The number of hydrogen-bond donors (Lipinski definition) is 5. The summed E-state index contributed by atoms with van der Waals surface area (Å²) >= 11 is 0. The maximum absolute atomic E-state index is 12.2. The van der Waals surface area contributed by atoms with Crippen LogP contribution in [-0.4, -0.2) is 39.7 Å². The van der Waals surface area contributed by atoms with Gasteiger partial charge in [-0.3, -0.25) is 4.79 Å². The third-order valence-electron chi connectivity index (χ3n) is 4.60. The fraction of sp³-hybridized carbons (Fsp3) is 0.421. The van der Waals surface area contributed by atoms with Crippen molar-refractivity contribution < 1.29 is 15.0 Å². The van der Waals surface area contributed by atoms with Crippen molar-refractivity contribution in [2.75, 3.05) is 13.1 Å². The zero-order chi connectivity index (χ0) is 19.5. The Bertz CT molecular complexity index is 723. The van der Waals surface area contributed by atoms with E-state index in [4.69, 9.17) is 17.2 Å². The molecule has 8 N–H and O–H groups in total. The first-order chi connectivity index (χ1) is 12.1. The summed E-state index contributed by atoms with van der Waals surface area (Å²) in [5, 5.41) is 19.8. The van der Waals surface area contributed by atoms with Crippen LogP contribution in [0.2, 0.25) is 0 Å². The topological polar surface area (TPSA) is 139 Å². The molecule has 0 aromatic heterocycles. The summed E-state index contributed by atoms with van der Waals surface area (Å²) in [5.41, 5.74) is 18.1. The highest BCUT2D eigenvalue weighted by atomic mass is 16.3. The summed E-state index contributed by atoms with van der Waals surface area (Å²) in [6.45, 7) is 3.99. The standard InChI is InChI=1S/C19H28N4O3/c1-19(2,26)18(25)23-9-7-12(8-10-23)14(17(21)22)11-15(20)13-5-3-4-6-16(13)24/h3-6,11-12,24,26H,7-10,20-22H2,1-2H3/b15-11-. The van der Waals surface area contributed by atoms with Crippen LogP contribution in [0.5, 0.6) is 5.75 Å². The van der Waals surface area contributed by atoms with Crippen molar-refractivity contribution in [3.8, 4) is 5.75 Å². The van der Waals surface area contributed by atoms with Crippen molar-refractivity contribution in [3.63, 3.8) is 0 Å². The highest BCUT2D eigenvalue weighted by Crippen LogP contribution is 2.30. The van der Waals surface area contributed by atoms with E-state index in [0.29, 0.717) is 42.8 Å². The van der Waals surface area contributed by atoms with Crippen molar-refractivity contribution >= 4 is 11.6 Å². The number of carbonyl (C=O) groups is 1. The van der Waals surface area contributed by atoms with Gasteiger partial charge in [0, 0.05) is 24.4 Å². The van der Waals surface area contributed by atoms with Gasteiger partial charge in [-0.05, 0) is 56.4 Å². The first kappa shape index (κ1) is 19.7. The second-order valence-corrected chi connectivity index (χ2v) is 7.15. The number of carbonyl (C=O) groups excluding carboxylic acids is 1. The second-order valence-electron chi connectivity index (χ2n) is 7.15. The van der Waals surface area contributed by atoms with E-state index >= 15 is 0 Å². The summed E-state index contributed by atoms with van der Waals surface area (Å²) in [5.74, 6) is 0.0270. The van der Waals surface area contributed by atoms with Gasteiger partial charge in [0.1, 0.15) is 11.4 Å². The van der Waals surface area contributed by atoms with Crippen LogP contribution in [0, 0.1) is 5.92 Å². The van der Waals surface area contributed by atoms with Crippen LogP contribution in [0.4, 0.5) is 0 Å². The van der Waals surface area contributed by atoms with Gasteiger partial charge in [-0.25, -0.2) is 0 Å². The predicted molar refractivity (Wildman–Crippen MR) is 101 cm³/mol. The van der Waals surface area contributed by atoms with Crippen LogP contribution in [0.15, 0.2) is 41.7 Å². The molecule has 1 heterocycles. The van der Waals surface area contributed by atoms with Gasteiger partial charge in [0.2, 0.25) is 0 Å². The summed E-state index contributed by atoms with van der Waals surface area (Å²) in [4.78, 5) is 13.8. The number of phenolic OH excluding ortho intramolecular Hbond substituents is 1. The Hall–Kier alpha value is -2.67.